The second-order valence-electron chi connectivity index (χ2n) is 5.21. The van der Waals surface area contributed by atoms with Crippen molar-refractivity contribution in [2.45, 2.75) is 6.92 Å². The topological polar surface area (TPSA) is 52.9 Å². The summed E-state index contributed by atoms with van der Waals surface area (Å²) in [5, 5.41) is 13.8. The predicted octanol–water partition coefficient (Wildman–Crippen LogP) is 4.27. The molecule has 0 aromatic heterocycles. The molecule has 0 heterocycles. The van der Waals surface area contributed by atoms with Gasteiger partial charge in [0.25, 0.3) is 5.91 Å². The molecule has 0 atom stereocenters. The van der Waals surface area contributed by atoms with Crippen molar-refractivity contribution >= 4 is 22.4 Å². The van der Waals surface area contributed by atoms with E-state index in [1.807, 2.05) is 61.5 Å². The highest BCUT2D eigenvalue weighted by molar-refractivity contribution is 6.05. The molecule has 0 spiro atoms. The summed E-state index contributed by atoms with van der Waals surface area (Å²) in [5.41, 5.74) is 3.12. The highest BCUT2D eigenvalue weighted by Crippen LogP contribution is 2.21. The number of rotatable bonds is 2. The first-order valence-corrected chi connectivity index (χ1v) is 6.98. The molecule has 0 saturated heterocycles. The van der Waals surface area contributed by atoms with Crippen LogP contribution in [0.4, 0.5) is 5.69 Å². The Hall–Kier alpha value is -3.12. The maximum atomic E-state index is 12.2. The van der Waals surface area contributed by atoms with E-state index in [0.29, 0.717) is 11.1 Å². The summed E-state index contributed by atoms with van der Waals surface area (Å²) in [6.07, 6.45) is 0. The first-order valence-electron chi connectivity index (χ1n) is 6.98. The molecule has 3 aromatic rings. The standard InChI is InChI=1S/C19H14N2O/c1-13-2-5-15(6-3-13)19(22)21-18-9-8-16-10-14(12-20)4-7-17(16)11-18/h2-11H,1H3,(H,21,22). The lowest BCUT2D eigenvalue weighted by atomic mass is 10.1. The molecule has 22 heavy (non-hydrogen) atoms. The zero-order valence-corrected chi connectivity index (χ0v) is 12.1. The number of hydrogen-bond acceptors (Lipinski definition) is 2. The number of carbonyl (C=O) groups excluding carboxylic acids is 1. The Bertz CT molecular complexity index is 889. The van der Waals surface area contributed by atoms with E-state index >= 15 is 0 Å². The number of fused-ring (bicyclic) bond motifs is 1. The predicted molar refractivity (Wildman–Crippen MR) is 87.8 cm³/mol. The van der Waals surface area contributed by atoms with Crippen molar-refractivity contribution in [1.29, 1.82) is 5.26 Å². The summed E-state index contributed by atoms with van der Waals surface area (Å²) >= 11 is 0. The molecule has 0 radical (unpaired) electrons. The maximum Gasteiger partial charge on any atom is 0.255 e. The molecular weight excluding hydrogens is 272 g/mol. The van der Waals surface area contributed by atoms with E-state index < -0.39 is 0 Å². The van der Waals surface area contributed by atoms with Crippen LogP contribution in [0, 0.1) is 18.3 Å². The van der Waals surface area contributed by atoms with Crippen LogP contribution in [0.1, 0.15) is 21.5 Å². The van der Waals surface area contributed by atoms with Crippen LogP contribution < -0.4 is 5.32 Å². The SMILES string of the molecule is Cc1ccc(C(=O)Nc2ccc3cc(C#N)ccc3c2)cc1. The van der Waals surface area contributed by atoms with Gasteiger partial charge in [-0.05, 0) is 54.1 Å². The number of benzene rings is 3. The van der Waals surface area contributed by atoms with Crippen LogP contribution in [-0.4, -0.2) is 5.91 Å². The average Bonchev–Trinajstić information content (AvgIpc) is 2.55. The first-order chi connectivity index (χ1) is 10.7. The van der Waals surface area contributed by atoms with E-state index in [0.717, 1.165) is 22.0 Å². The molecule has 3 rings (SSSR count). The van der Waals surface area contributed by atoms with E-state index in [-0.39, 0.29) is 5.91 Å². The number of anilines is 1. The van der Waals surface area contributed by atoms with Gasteiger partial charge in [-0.3, -0.25) is 4.79 Å². The molecule has 1 N–H and O–H groups in total. The van der Waals surface area contributed by atoms with Gasteiger partial charge in [0.1, 0.15) is 0 Å². The van der Waals surface area contributed by atoms with Gasteiger partial charge >= 0.3 is 0 Å². The van der Waals surface area contributed by atoms with E-state index in [1.165, 1.54) is 0 Å². The van der Waals surface area contributed by atoms with Crippen molar-refractivity contribution in [3.8, 4) is 6.07 Å². The summed E-state index contributed by atoms with van der Waals surface area (Å²) in [5.74, 6) is -0.131. The summed E-state index contributed by atoms with van der Waals surface area (Å²) in [6.45, 7) is 1.99. The normalized spacial score (nSPS) is 10.2. The number of nitriles is 1. The Morgan fingerprint density at radius 1 is 0.955 bits per heavy atom. The molecule has 0 saturated carbocycles. The fourth-order valence-corrected chi connectivity index (χ4v) is 2.30. The smallest absolute Gasteiger partial charge is 0.255 e. The van der Waals surface area contributed by atoms with E-state index in [4.69, 9.17) is 5.26 Å². The lowest BCUT2D eigenvalue weighted by Gasteiger charge is -2.07. The second kappa shape index (κ2) is 5.71. The Morgan fingerprint density at radius 2 is 1.64 bits per heavy atom. The highest BCUT2D eigenvalue weighted by atomic mass is 16.1. The third kappa shape index (κ3) is 2.82. The van der Waals surface area contributed by atoms with Crippen LogP contribution in [0.3, 0.4) is 0 Å². The van der Waals surface area contributed by atoms with Gasteiger partial charge in [-0.15, -0.1) is 0 Å². The Kier molecular flexibility index (Phi) is 3.59. The quantitative estimate of drug-likeness (QED) is 0.764. The van der Waals surface area contributed by atoms with Crippen LogP contribution in [0.25, 0.3) is 10.8 Å². The number of aryl methyl sites for hydroxylation is 1. The lowest BCUT2D eigenvalue weighted by molar-refractivity contribution is 0.102. The van der Waals surface area contributed by atoms with Crippen molar-refractivity contribution in [1.82, 2.24) is 0 Å². The maximum absolute atomic E-state index is 12.2. The van der Waals surface area contributed by atoms with Gasteiger partial charge in [-0.1, -0.05) is 29.8 Å². The van der Waals surface area contributed by atoms with Gasteiger partial charge < -0.3 is 5.32 Å². The zero-order valence-electron chi connectivity index (χ0n) is 12.1. The summed E-state index contributed by atoms with van der Waals surface area (Å²) in [6, 6.07) is 20.7. The lowest BCUT2D eigenvalue weighted by Crippen LogP contribution is -2.11. The van der Waals surface area contributed by atoms with Crippen molar-refractivity contribution in [2.24, 2.45) is 0 Å². The molecule has 0 bridgehead atoms. The molecule has 3 nitrogen and oxygen atoms in total. The van der Waals surface area contributed by atoms with Gasteiger partial charge in [0.05, 0.1) is 11.6 Å². The molecule has 0 aliphatic rings. The van der Waals surface area contributed by atoms with Crippen molar-refractivity contribution in [3.05, 3.63) is 77.4 Å². The second-order valence-corrected chi connectivity index (χ2v) is 5.21. The molecule has 0 aliphatic heterocycles. The number of carbonyl (C=O) groups is 1. The molecular formula is C19H14N2O. The number of nitrogens with one attached hydrogen (secondary N) is 1. The minimum Gasteiger partial charge on any atom is -0.322 e. The van der Waals surface area contributed by atoms with E-state index in [2.05, 4.69) is 11.4 Å². The van der Waals surface area contributed by atoms with Gasteiger partial charge in [-0.2, -0.15) is 5.26 Å². The molecule has 0 fully saturated rings. The zero-order chi connectivity index (χ0) is 15.5. The van der Waals surface area contributed by atoms with Crippen LogP contribution in [-0.2, 0) is 0 Å². The van der Waals surface area contributed by atoms with Crippen molar-refractivity contribution in [3.63, 3.8) is 0 Å². The summed E-state index contributed by atoms with van der Waals surface area (Å²) < 4.78 is 0. The summed E-state index contributed by atoms with van der Waals surface area (Å²) in [4.78, 5) is 12.2. The molecule has 0 unspecified atom stereocenters. The van der Waals surface area contributed by atoms with Crippen LogP contribution in [0.5, 0.6) is 0 Å². The van der Waals surface area contributed by atoms with Crippen LogP contribution in [0.2, 0.25) is 0 Å². The number of amides is 1. The third-order valence-corrected chi connectivity index (χ3v) is 3.54. The molecule has 1 amide bonds. The fraction of sp³-hybridized carbons (Fsp3) is 0.0526. The van der Waals surface area contributed by atoms with Gasteiger partial charge in [-0.25, -0.2) is 0 Å². The van der Waals surface area contributed by atoms with E-state index in [9.17, 15) is 4.79 Å². The number of hydrogen-bond donors (Lipinski definition) is 1. The highest BCUT2D eigenvalue weighted by Gasteiger charge is 2.06. The van der Waals surface area contributed by atoms with Crippen molar-refractivity contribution in [2.75, 3.05) is 5.32 Å². The Labute approximate surface area is 128 Å². The van der Waals surface area contributed by atoms with Crippen LogP contribution in [0.15, 0.2) is 60.7 Å². The van der Waals surface area contributed by atoms with Gasteiger partial charge in [0.2, 0.25) is 0 Å². The molecule has 106 valence electrons. The molecule has 3 heteroatoms. The van der Waals surface area contributed by atoms with Gasteiger partial charge in [0, 0.05) is 11.3 Å². The summed E-state index contributed by atoms with van der Waals surface area (Å²) in [7, 11) is 0. The fourth-order valence-electron chi connectivity index (χ4n) is 2.30. The molecule has 3 aromatic carbocycles. The minimum absolute atomic E-state index is 0.131. The Balaban J connectivity index is 1.86. The monoisotopic (exact) mass is 286 g/mol. The van der Waals surface area contributed by atoms with Crippen molar-refractivity contribution < 1.29 is 4.79 Å². The average molecular weight is 286 g/mol. The Morgan fingerprint density at radius 3 is 2.36 bits per heavy atom. The van der Waals surface area contributed by atoms with Gasteiger partial charge in [0.15, 0.2) is 0 Å². The first kappa shape index (κ1) is 13.8. The largest absolute Gasteiger partial charge is 0.322 e. The third-order valence-electron chi connectivity index (χ3n) is 3.54. The molecule has 0 aliphatic carbocycles. The minimum atomic E-state index is -0.131. The number of nitrogens with zero attached hydrogens (tertiary/aromatic N) is 1. The van der Waals surface area contributed by atoms with Crippen LogP contribution >= 0.6 is 0 Å². The van der Waals surface area contributed by atoms with E-state index in [1.54, 1.807) is 6.07 Å².